The SMILES string of the molecule is CC(CCN)CC(C)(C)COc1ccc(C(=O)O)cc1. The topological polar surface area (TPSA) is 72.5 Å². The molecule has 0 saturated heterocycles. The van der Waals surface area contributed by atoms with Gasteiger partial charge in [-0.2, -0.15) is 0 Å². The zero-order valence-corrected chi connectivity index (χ0v) is 12.6. The highest BCUT2D eigenvalue weighted by atomic mass is 16.5. The van der Waals surface area contributed by atoms with Crippen LogP contribution in [0.1, 0.15) is 44.0 Å². The summed E-state index contributed by atoms with van der Waals surface area (Å²) >= 11 is 0. The fourth-order valence-corrected chi connectivity index (χ4v) is 2.36. The van der Waals surface area contributed by atoms with Crippen LogP contribution >= 0.6 is 0 Å². The first-order chi connectivity index (χ1) is 9.34. The van der Waals surface area contributed by atoms with Crippen LogP contribution in [0.5, 0.6) is 5.75 Å². The van der Waals surface area contributed by atoms with Gasteiger partial charge in [0, 0.05) is 0 Å². The average Bonchev–Trinajstić information content (AvgIpc) is 2.36. The number of hydrogen-bond donors (Lipinski definition) is 2. The Kier molecular flexibility index (Phi) is 6.02. The van der Waals surface area contributed by atoms with Crippen LogP contribution in [0.25, 0.3) is 0 Å². The Morgan fingerprint density at radius 2 is 1.95 bits per heavy atom. The minimum absolute atomic E-state index is 0.0695. The van der Waals surface area contributed by atoms with E-state index in [4.69, 9.17) is 15.6 Å². The molecule has 0 heterocycles. The third-order valence-corrected chi connectivity index (χ3v) is 3.29. The van der Waals surface area contributed by atoms with Crippen molar-refractivity contribution in [3.05, 3.63) is 29.8 Å². The number of benzene rings is 1. The largest absolute Gasteiger partial charge is 0.493 e. The van der Waals surface area contributed by atoms with Gasteiger partial charge in [-0.1, -0.05) is 20.8 Å². The van der Waals surface area contributed by atoms with Crippen molar-refractivity contribution in [2.24, 2.45) is 17.1 Å². The van der Waals surface area contributed by atoms with Gasteiger partial charge >= 0.3 is 5.97 Å². The van der Waals surface area contributed by atoms with Gasteiger partial charge in [0.05, 0.1) is 12.2 Å². The molecule has 1 rings (SSSR count). The highest BCUT2D eigenvalue weighted by molar-refractivity contribution is 5.87. The lowest BCUT2D eigenvalue weighted by atomic mass is 9.83. The molecule has 0 saturated carbocycles. The average molecular weight is 279 g/mol. The standard InChI is InChI=1S/C16H25NO3/c1-12(8-9-17)10-16(2,3)11-20-14-6-4-13(5-7-14)15(18)19/h4-7,12H,8-11,17H2,1-3H3,(H,18,19). The van der Waals surface area contributed by atoms with Crippen molar-refractivity contribution in [1.82, 2.24) is 0 Å². The van der Waals surface area contributed by atoms with Crippen molar-refractivity contribution in [1.29, 1.82) is 0 Å². The highest BCUT2D eigenvalue weighted by Crippen LogP contribution is 2.28. The van der Waals surface area contributed by atoms with Crippen LogP contribution in [0.2, 0.25) is 0 Å². The fourth-order valence-electron chi connectivity index (χ4n) is 2.36. The van der Waals surface area contributed by atoms with Crippen LogP contribution in [0, 0.1) is 11.3 Å². The maximum atomic E-state index is 10.8. The molecule has 0 aliphatic carbocycles. The molecule has 4 heteroatoms. The summed E-state index contributed by atoms with van der Waals surface area (Å²) in [6.45, 7) is 7.87. The van der Waals surface area contributed by atoms with Gasteiger partial charge in [-0.25, -0.2) is 4.79 Å². The summed E-state index contributed by atoms with van der Waals surface area (Å²) in [4.78, 5) is 10.8. The maximum Gasteiger partial charge on any atom is 0.335 e. The molecule has 112 valence electrons. The Morgan fingerprint density at radius 1 is 1.35 bits per heavy atom. The Hall–Kier alpha value is -1.55. The van der Waals surface area contributed by atoms with Gasteiger partial charge in [-0.3, -0.25) is 0 Å². The Balaban J connectivity index is 2.50. The van der Waals surface area contributed by atoms with E-state index in [9.17, 15) is 4.79 Å². The third-order valence-electron chi connectivity index (χ3n) is 3.29. The van der Waals surface area contributed by atoms with E-state index < -0.39 is 5.97 Å². The second-order valence-electron chi connectivity index (χ2n) is 6.17. The molecule has 4 nitrogen and oxygen atoms in total. The highest BCUT2D eigenvalue weighted by Gasteiger charge is 2.22. The first-order valence-electron chi connectivity index (χ1n) is 7.00. The molecule has 20 heavy (non-hydrogen) atoms. The monoisotopic (exact) mass is 279 g/mol. The first kappa shape index (κ1) is 16.5. The summed E-state index contributed by atoms with van der Waals surface area (Å²) in [6, 6.07) is 6.51. The van der Waals surface area contributed by atoms with Gasteiger partial charge in [0.15, 0.2) is 0 Å². The summed E-state index contributed by atoms with van der Waals surface area (Å²) in [5.74, 6) is 0.357. The van der Waals surface area contributed by atoms with Crippen molar-refractivity contribution >= 4 is 5.97 Å². The van der Waals surface area contributed by atoms with E-state index in [2.05, 4.69) is 20.8 Å². The number of carbonyl (C=O) groups is 1. The number of carboxylic acids is 1. The summed E-state index contributed by atoms with van der Waals surface area (Å²) in [5.41, 5.74) is 5.91. The zero-order chi connectivity index (χ0) is 15.2. The second-order valence-corrected chi connectivity index (χ2v) is 6.17. The molecule has 1 atom stereocenters. The minimum Gasteiger partial charge on any atom is -0.493 e. The molecule has 0 aromatic heterocycles. The molecular weight excluding hydrogens is 254 g/mol. The molecule has 0 bridgehead atoms. The van der Waals surface area contributed by atoms with Gasteiger partial charge in [0.25, 0.3) is 0 Å². The molecule has 0 spiro atoms. The predicted molar refractivity (Wildman–Crippen MR) is 80.1 cm³/mol. The minimum atomic E-state index is -0.924. The molecule has 0 aliphatic heterocycles. The molecule has 0 amide bonds. The van der Waals surface area contributed by atoms with Crippen molar-refractivity contribution in [2.75, 3.05) is 13.2 Å². The lowest BCUT2D eigenvalue weighted by Gasteiger charge is -2.28. The van der Waals surface area contributed by atoms with Gasteiger partial charge in [-0.15, -0.1) is 0 Å². The number of aromatic carboxylic acids is 1. The first-order valence-corrected chi connectivity index (χ1v) is 7.00. The fraction of sp³-hybridized carbons (Fsp3) is 0.562. The van der Waals surface area contributed by atoms with Crippen molar-refractivity contribution < 1.29 is 14.6 Å². The molecule has 1 aromatic carbocycles. The van der Waals surface area contributed by atoms with Crippen LogP contribution in [-0.4, -0.2) is 24.2 Å². The van der Waals surface area contributed by atoms with Crippen LogP contribution in [-0.2, 0) is 0 Å². The smallest absolute Gasteiger partial charge is 0.335 e. The van der Waals surface area contributed by atoms with E-state index in [1.54, 1.807) is 24.3 Å². The summed E-state index contributed by atoms with van der Waals surface area (Å²) in [6.07, 6.45) is 2.08. The lowest BCUT2D eigenvalue weighted by Crippen LogP contribution is -2.25. The van der Waals surface area contributed by atoms with Crippen LogP contribution in [0.3, 0.4) is 0 Å². The van der Waals surface area contributed by atoms with Crippen molar-refractivity contribution in [3.63, 3.8) is 0 Å². The van der Waals surface area contributed by atoms with Crippen LogP contribution in [0.4, 0.5) is 0 Å². The number of hydrogen-bond acceptors (Lipinski definition) is 3. The van der Waals surface area contributed by atoms with E-state index in [-0.39, 0.29) is 11.0 Å². The van der Waals surface area contributed by atoms with Crippen molar-refractivity contribution in [3.8, 4) is 5.75 Å². The maximum absolute atomic E-state index is 10.8. The zero-order valence-electron chi connectivity index (χ0n) is 12.6. The van der Waals surface area contributed by atoms with E-state index in [0.717, 1.165) is 19.4 Å². The summed E-state index contributed by atoms with van der Waals surface area (Å²) in [7, 11) is 0. The normalized spacial score (nSPS) is 13.0. The van der Waals surface area contributed by atoms with Gasteiger partial charge in [-0.05, 0) is 55.0 Å². The molecule has 0 radical (unpaired) electrons. The Labute approximate surface area is 120 Å². The van der Waals surface area contributed by atoms with Gasteiger partial charge in [0.1, 0.15) is 5.75 Å². The molecule has 0 fully saturated rings. The van der Waals surface area contributed by atoms with Crippen LogP contribution in [0.15, 0.2) is 24.3 Å². The summed E-state index contributed by atoms with van der Waals surface area (Å²) in [5, 5.41) is 8.83. The predicted octanol–water partition coefficient (Wildman–Crippen LogP) is 3.16. The lowest BCUT2D eigenvalue weighted by molar-refractivity contribution is 0.0696. The third kappa shape index (κ3) is 5.61. The number of nitrogens with two attached hydrogens (primary N) is 1. The molecule has 1 aromatic rings. The van der Waals surface area contributed by atoms with Crippen LogP contribution < -0.4 is 10.5 Å². The van der Waals surface area contributed by atoms with E-state index in [1.807, 2.05) is 0 Å². The Bertz CT molecular complexity index is 426. The van der Waals surface area contributed by atoms with E-state index in [0.29, 0.717) is 18.3 Å². The molecule has 1 unspecified atom stereocenters. The quantitative estimate of drug-likeness (QED) is 0.766. The number of ether oxygens (including phenoxy) is 1. The van der Waals surface area contributed by atoms with E-state index in [1.165, 1.54) is 0 Å². The summed E-state index contributed by atoms with van der Waals surface area (Å²) < 4.78 is 5.76. The second kappa shape index (κ2) is 7.29. The van der Waals surface area contributed by atoms with Gasteiger partial charge < -0.3 is 15.6 Å². The molecular formula is C16H25NO3. The van der Waals surface area contributed by atoms with E-state index >= 15 is 0 Å². The molecule has 0 aliphatic rings. The van der Waals surface area contributed by atoms with Gasteiger partial charge in [0.2, 0.25) is 0 Å². The Morgan fingerprint density at radius 3 is 2.45 bits per heavy atom. The molecule has 3 N–H and O–H groups in total. The van der Waals surface area contributed by atoms with Crippen molar-refractivity contribution in [2.45, 2.75) is 33.6 Å². The number of rotatable bonds is 8. The number of carboxylic acid groups (broad SMARTS) is 1.